The second-order valence-corrected chi connectivity index (χ2v) is 13.8. The average molecular weight is 605 g/mol. The molecule has 10 nitrogen and oxygen atoms in total. The van der Waals surface area contributed by atoms with Crippen LogP contribution in [0.2, 0.25) is 0 Å². The molecule has 2 N–H and O–H groups in total. The van der Waals surface area contributed by atoms with Crippen LogP contribution in [0.4, 0.5) is 27.3 Å². The molecule has 1 aliphatic heterocycles. The van der Waals surface area contributed by atoms with Gasteiger partial charge in [-0.15, -0.1) is 0 Å². The number of nitrogens with one attached hydrogen (secondary N) is 2. The van der Waals surface area contributed by atoms with Crippen molar-refractivity contribution in [2.24, 2.45) is 7.05 Å². The van der Waals surface area contributed by atoms with E-state index in [2.05, 4.69) is 20.6 Å². The maximum absolute atomic E-state index is 15.7. The first kappa shape index (κ1) is 29.9. The highest BCUT2D eigenvalue weighted by atomic mass is 32.2. The molecule has 0 atom stereocenters. The van der Waals surface area contributed by atoms with Gasteiger partial charge in [0.05, 0.1) is 28.5 Å². The van der Waals surface area contributed by atoms with Gasteiger partial charge in [0.25, 0.3) is 11.5 Å². The second-order valence-electron chi connectivity index (χ2n) is 11.5. The summed E-state index contributed by atoms with van der Waals surface area (Å²) >= 11 is 0. The number of anilines is 4. The van der Waals surface area contributed by atoms with Gasteiger partial charge in [-0.25, -0.2) is 17.8 Å². The zero-order valence-corrected chi connectivity index (χ0v) is 25.2. The van der Waals surface area contributed by atoms with Gasteiger partial charge in [-0.2, -0.15) is 0 Å². The van der Waals surface area contributed by atoms with Crippen LogP contribution in [0.15, 0.2) is 71.8 Å². The molecular formula is C31H33FN6O4S. The number of sulfone groups is 1. The lowest BCUT2D eigenvalue weighted by Crippen LogP contribution is -2.40. The molecule has 0 spiro atoms. The number of amides is 1. The highest BCUT2D eigenvalue weighted by Gasteiger charge is 2.22. The summed E-state index contributed by atoms with van der Waals surface area (Å²) in [5.41, 5.74) is 2.27. The van der Waals surface area contributed by atoms with Crippen molar-refractivity contribution in [3.8, 4) is 11.3 Å². The van der Waals surface area contributed by atoms with Gasteiger partial charge in [-0.1, -0.05) is 26.8 Å². The lowest BCUT2D eigenvalue weighted by Gasteiger charge is -2.28. The van der Waals surface area contributed by atoms with Crippen molar-refractivity contribution in [3.05, 3.63) is 94.4 Å². The van der Waals surface area contributed by atoms with Gasteiger partial charge in [-0.3, -0.25) is 14.6 Å². The minimum atomic E-state index is -2.99. The first-order valence-electron chi connectivity index (χ1n) is 13.8. The van der Waals surface area contributed by atoms with Crippen molar-refractivity contribution >= 4 is 38.6 Å². The Kier molecular flexibility index (Phi) is 8.06. The molecule has 2 aromatic heterocycles. The lowest BCUT2D eigenvalue weighted by molar-refractivity contribution is 0.102. The minimum Gasteiger partial charge on any atom is -0.369 e. The molecule has 3 heterocycles. The molecule has 2 aromatic carbocycles. The molecule has 1 fully saturated rings. The number of pyridine rings is 1. The van der Waals surface area contributed by atoms with Crippen molar-refractivity contribution in [3.63, 3.8) is 0 Å². The minimum absolute atomic E-state index is 0.00401. The SMILES string of the molecule is Cn1cc(-c2cccc(NC(=O)c3ccc(C(C)(C)C)nc3)c2F)nc(Nc2ccc(N3CCS(=O)(=O)CC3)cc2)c1=O. The first-order chi connectivity index (χ1) is 20.3. The number of benzene rings is 2. The topological polar surface area (TPSA) is 126 Å². The van der Waals surface area contributed by atoms with E-state index in [9.17, 15) is 18.0 Å². The van der Waals surface area contributed by atoms with E-state index in [0.29, 0.717) is 24.3 Å². The summed E-state index contributed by atoms with van der Waals surface area (Å²) in [6.07, 6.45) is 2.90. The van der Waals surface area contributed by atoms with Crippen LogP contribution in [-0.2, 0) is 22.3 Å². The second kappa shape index (κ2) is 11.6. The summed E-state index contributed by atoms with van der Waals surface area (Å²) < 4.78 is 40.5. The maximum Gasteiger partial charge on any atom is 0.293 e. The predicted molar refractivity (Wildman–Crippen MR) is 166 cm³/mol. The average Bonchev–Trinajstić information content (AvgIpc) is 2.96. The zero-order valence-electron chi connectivity index (χ0n) is 24.4. The molecule has 1 saturated heterocycles. The molecule has 224 valence electrons. The predicted octanol–water partition coefficient (Wildman–Crippen LogP) is 4.51. The number of halogens is 1. The third-order valence-electron chi connectivity index (χ3n) is 7.23. The number of carbonyl (C=O) groups is 1. The van der Waals surface area contributed by atoms with Crippen LogP contribution in [0.3, 0.4) is 0 Å². The maximum atomic E-state index is 15.7. The van der Waals surface area contributed by atoms with E-state index in [4.69, 9.17) is 0 Å². The zero-order chi connectivity index (χ0) is 30.9. The fourth-order valence-corrected chi connectivity index (χ4v) is 5.87. The van der Waals surface area contributed by atoms with E-state index in [-0.39, 0.29) is 39.7 Å². The number of rotatable bonds is 6. The van der Waals surface area contributed by atoms with Crippen LogP contribution in [0.1, 0.15) is 36.8 Å². The number of hydrogen-bond acceptors (Lipinski definition) is 8. The van der Waals surface area contributed by atoms with Crippen molar-refractivity contribution < 1.29 is 17.6 Å². The van der Waals surface area contributed by atoms with Gasteiger partial charge < -0.3 is 20.1 Å². The van der Waals surface area contributed by atoms with Gasteiger partial charge in [-0.05, 0) is 48.5 Å². The van der Waals surface area contributed by atoms with Crippen LogP contribution >= 0.6 is 0 Å². The van der Waals surface area contributed by atoms with Crippen LogP contribution in [0, 0.1) is 5.82 Å². The highest BCUT2D eigenvalue weighted by molar-refractivity contribution is 7.91. The summed E-state index contributed by atoms with van der Waals surface area (Å²) in [5, 5.41) is 5.62. The fourth-order valence-electron chi connectivity index (χ4n) is 4.67. The molecule has 5 rings (SSSR count). The molecule has 0 saturated carbocycles. The Hall–Kier alpha value is -4.58. The fraction of sp³-hybridized carbons (Fsp3) is 0.290. The summed E-state index contributed by atoms with van der Waals surface area (Å²) in [7, 11) is -1.44. The Balaban J connectivity index is 1.35. The quantitative estimate of drug-likeness (QED) is 0.329. The standard InChI is InChI=1S/C31H33FN6O4S/c1-31(2,3)26-13-8-20(18-33-26)29(39)36-24-7-5-6-23(27(24)32)25-19-37(4)30(40)28(35-25)34-21-9-11-22(12-10-21)38-14-16-43(41,42)17-15-38/h5-13,18-19H,14-17H2,1-4H3,(H,34,35)(H,36,39). The van der Waals surface area contributed by atoms with E-state index >= 15 is 4.39 Å². The van der Waals surface area contributed by atoms with Crippen LogP contribution in [0.25, 0.3) is 11.3 Å². The Bertz CT molecular complexity index is 1820. The summed E-state index contributed by atoms with van der Waals surface area (Å²) in [6, 6.07) is 15.2. The van der Waals surface area contributed by atoms with Crippen molar-refractivity contribution in [1.29, 1.82) is 0 Å². The van der Waals surface area contributed by atoms with Gasteiger partial charge >= 0.3 is 0 Å². The highest BCUT2D eigenvalue weighted by Crippen LogP contribution is 2.28. The molecule has 1 aliphatic rings. The van der Waals surface area contributed by atoms with E-state index in [1.165, 1.54) is 29.1 Å². The van der Waals surface area contributed by atoms with Crippen molar-refractivity contribution in [2.75, 3.05) is 40.1 Å². The lowest BCUT2D eigenvalue weighted by atomic mass is 9.91. The number of nitrogens with zero attached hydrogens (tertiary/aromatic N) is 4. The molecule has 0 radical (unpaired) electrons. The largest absolute Gasteiger partial charge is 0.369 e. The molecule has 0 unspecified atom stereocenters. The Morgan fingerprint density at radius 1 is 1.00 bits per heavy atom. The normalized spacial score (nSPS) is 14.8. The Morgan fingerprint density at radius 3 is 2.33 bits per heavy atom. The van der Waals surface area contributed by atoms with E-state index in [1.807, 2.05) is 37.8 Å². The number of aryl methyl sites for hydroxylation is 1. The van der Waals surface area contributed by atoms with Gasteiger partial charge in [0.15, 0.2) is 21.5 Å². The van der Waals surface area contributed by atoms with E-state index in [1.54, 1.807) is 37.4 Å². The van der Waals surface area contributed by atoms with Gasteiger partial charge in [0, 0.05) is 60.6 Å². The molecule has 0 bridgehead atoms. The Morgan fingerprint density at radius 2 is 1.70 bits per heavy atom. The molecule has 0 aliphatic carbocycles. The van der Waals surface area contributed by atoms with E-state index < -0.39 is 27.1 Å². The van der Waals surface area contributed by atoms with Crippen LogP contribution < -0.4 is 21.1 Å². The monoisotopic (exact) mass is 604 g/mol. The summed E-state index contributed by atoms with van der Waals surface area (Å²) in [5.74, 6) is -0.975. The Labute approximate surface area is 249 Å². The molecule has 4 aromatic rings. The van der Waals surface area contributed by atoms with Gasteiger partial charge in [0.1, 0.15) is 0 Å². The van der Waals surface area contributed by atoms with Crippen LogP contribution in [0.5, 0.6) is 0 Å². The number of hydrogen-bond donors (Lipinski definition) is 2. The number of aromatic nitrogens is 3. The third kappa shape index (κ3) is 6.75. The smallest absolute Gasteiger partial charge is 0.293 e. The van der Waals surface area contributed by atoms with Crippen molar-refractivity contribution in [1.82, 2.24) is 14.5 Å². The molecular weight excluding hydrogens is 571 g/mol. The molecule has 1 amide bonds. The number of carbonyl (C=O) groups excluding carboxylic acids is 1. The summed E-state index contributed by atoms with van der Waals surface area (Å²) in [6.45, 7) is 6.91. The van der Waals surface area contributed by atoms with Gasteiger partial charge in [0.2, 0.25) is 0 Å². The van der Waals surface area contributed by atoms with E-state index in [0.717, 1.165) is 11.4 Å². The summed E-state index contributed by atoms with van der Waals surface area (Å²) in [4.78, 5) is 36.5. The molecule has 12 heteroatoms. The molecule has 43 heavy (non-hydrogen) atoms. The van der Waals surface area contributed by atoms with Crippen LogP contribution in [-0.4, -0.2) is 53.5 Å². The third-order valence-corrected chi connectivity index (χ3v) is 8.84. The van der Waals surface area contributed by atoms with Crippen molar-refractivity contribution in [2.45, 2.75) is 26.2 Å². The first-order valence-corrected chi connectivity index (χ1v) is 15.6.